The second-order valence-corrected chi connectivity index (χ2v) is 3.75. The molecule has 0 saturated heterocycles. The normalized spacial score (nSPS) is 10.3. The zero-order valence-electron chi connectivity index (χ0n) is 9.74. The Morgan fingerprint density at radius 2 is 2.11 bits per heavy atom. The molecule has 0 fully saturated rings. The van der Waals surface area contributed by atoms with Crippen LogP contribution in [0.3, 0.4) is 0 Å². The molecular weight excluding hydrogens is 232 g/mol. The summed E-state index contributed by atoms with van der Waals surface area (Å²) >= 11 is 0. The van der Waals surface area contributed by atoms with Gasteiger partial charge in [0.2, 0.25) is 0 Å². The summed E-state index contributed by atoms with van der Waals surface area (Å²) in [6.07, 6.45) is 2.80. The summed E-state index contributed by atoms with van der Waals surface area (Å²) in [5, 5.41) is 9.08. The molecule has 1 amide bonds. The summed E-state index contributed by atoms with van der Waals surface area (Å²) in [7, 11) is 0. The smallest absolute Gasteiger partial charge is 0.261 e. The Morgan fingerprint density at radius 1 is 1.33 bits per heavy atom. The average Bonchev–Trinajstić information content (AvgIpc) is 2.90. The van der Waals surface area contributed by atoms with Gasteiger partial charge in [0.25, 0.3) is 5.91 Å². The lowest BCUT2D eigenvalue weighted by Gasteiger charge is -2.22. The van der Waals surface area contributed by atoms with Crippen molar-refractivity contribution in [3.63, 3.8) is 0 Å². The van der Waals surface area contributed by atoms with Crippen LogP contribution in [0.25, 0.3) is 0 Å². The van der Waals surface area contributed by atoms with Crippen molar-refractivity contribution in [1.29, 1.82) is 0 Å². The van der Waals surface area contributed by atoms with Gasteiger partial charge in [-0.05, 0) is 18.2 Å². The second kappa shape index (κ2) is 5.37. The number of hydrogen-bond donors (Lipinski definition) is 2. The number of benzene rings is 1. The van der Waals surface area contributed by atoms with Gasteiger partial charge in [0.05, 0.1) is 29.8 Å². The molecule has 2 rings (SSSR count). The molecule has 1 aromatic heterocycles. The molecule has 1 heterocycles. The van der Waals surface area contributed by atoms with Gasteiger partial charge < -0.3 is 20.2 Å². The van der Waals surface area contributed by atoms with Crippen molar-refractivity contribution in [3.05, 3.63) is 48.4 Å². The molecule has 0 atom stereocenters. The number of anilines is 2. The van der Waals surface area contributed by atoms with Gasteiger partial charge in [-0.25, -0.2) is 0 Å². The summed E-state index contributed by atoms with van der Waals surface area (Å²) in [6, 6.07) is 8.61. The maximum Gasteiger partial charge on any atom is 0.261 e. The molecule has 18 heavy (non-hydrogen) atoms. The zero-order valence-corrected chi connectivity index (χ0v) is 9.74. The second-order valence-electron chi connectivity index (χ2n) is 3.75. The lowest BCUT2D eigenvalue weighted by molar-refractivity contribution is 0.0980. The van der Waals surface area contributed by atoms with E-state index in [1.54, 1.807) is 30.3 Å². The highest BCUT2D eigenvalue weighted by Crippen LogP contribution is 2.24. The minimum absolute atomic E-state index is 0.141. The minimum atomic E-state index is -0.254. The highest BCUT2D eigenvalue weighted by Gasteiger charge is 2.19. The van der Waals surface area contributed by atoms with Gasteiger partial charge in [-0.15, -0.1) is 0 Å². The largest absolute Gasteiger partial charge is 0.472 e. The van der Waals surface area contributed by atoms with Gasteiger partial charge in [0.1, 0.15) is 6.26 Å². The molecule has 0 radical (unpaired) electrons. The standard InChI is InChI=1S/C13H14N2O3/c14-11-3-1-2-4-12(11)15(6-7-16)13(17)10-5-8-18-9-10/h1-5,8-9,16H,6-7,14H2. The van der Waals surface area contributed by atoms with Crippen LogP contribution in [-0.4, -0.2) is 24.2 Å². The fourth-order valence-electron chi connectivity index (χ4n) is 1.71. The lowest BCUT2D eigenvalue weighted by atomic mass is 10.2. The third kappa shape index (κ3) is 2.36. The highest BCUT2D eigenvalue weighted by atomic mass is 16.3. The Labute approximate surface area is 104 Å². The number of para-hydroxylation sites is 2. The summed E-state index contributed by atoms with van der Waals surface area (Å²) in [5.74, 6) is -0.254. The third-order valence-corrected chi connectivity index (χ3v) is 2.56. The molecule has 3 N–H and O–H groups in total. The Bertz CT molecular complexity index is 523. The number of nitrogen functional groups attached to an aromatic ring is 1. The third-order valence-electron chi connectivity index (χ3n) is 2.56. The maximum absolute atomic E-state index is 12.2. The van der Waals surface area contributed by atoms with Gasteiger partial charge in [0, 0.05) is 6.54 Å². The van der Waals surface area contributed by atoms with Crippen LogP contribution in [0.1, 0.15) is 10.4 Å². The molecule has 0 unspecified atom stereocenters. The molecule has 5 nitrogen and oxygen atoms in total. The van der Waals surface area contributed by atoms with Crippen LogP contribution in [0.2, 0.25) is 0 Å². The average molecular weight is 246 g/mol. The van der Waals surface area contributed by atoms with E-state index in [0.717, 1.165) is 0 Å². The number of nitrogens with zero attached hydrogens (tertiary/aromatic N) is 1. The van der Waals surface area contributed by atoms with E-state index < -0.39 is 0 Å². The predicted molar refractivity (Wildman–Crippen MR) is 68.3 cm³/mol. The van der Waals surface area contributed by atoms with Crippen LogP contribution >= 0.6 is 0 Å². The zero-order chi connectivity index (χ0) is 13.0. The summed E-state index contributed by atoms with van der Waals surface area (Å²) < 4.78 is 4.89. The Kier molecular flexibility index (Phi) is 3.64. The first-order valence-corrected chi connectivity index (χ1v) is 5.53. The molecule has 0 spiro atoms. The van der Waals surface area contributed by atoms with Crippen LogP contribution in [0, 0.1) is 0 Å². The SMILES string of the molecule is Nc1ccccc1N(CCO)C(=O)c1ccoc1. The van der Waals surface area contributed by atoms with Gasteiger partial charge in [0.15, 0.2) is 0 Å². The first kappa shape index (κ1) is 12.2. The molecule has 94 valence electrons. The van der Waals surface area contributed by atoms with E-state index in [-0.39, 0.29) is 19.1 Å². The quantitative estimate of drug-likeness (QED) is 0.801. The Hall–Kier alpha value is -2.27. The van der Waals surface area contributed by atoms with Crippen molar-refractivity contribution in [2.75, 3.05) is 23.8 Å². The monoisotopic (exact) mass is 246 g/mol. The molecular formula is C13H14N2O3. The van der Waals surface area contributed by atoms with Crippen LogP contribution in [0.5, 0.6) is 0 Å². The van der Waals surface area contributed by atoms with Crippen LogP contribution in [0.4, 0.5) is 11.4 Å². The molecule has 5 heteroatoms. The summed E-state index contributed by atoms with van der Waals surface area (Å²) in [4.78, 5) is 13.7. The lowest BCUT2D eigenvalue weighted by Crippen LogP contribution is -2.33. The van der Waals surface area contributed by atoms with Gasteiger partial charge in [-0.1, -0.05) is 12.1 Å². The minimum Gasteiger partial charge on any atom is -0.472 e. The van der Waals surface area contributed by atoms with Crippen molar-refractivity contribution in [2.45, 2.75) is 0 Å². The molecule has 0 aliphatic carbocycles. The van der Waals surface area contributed by atoms with E-state index in [1.807, 2.05) is 0 Å². The first-order valence-electron chi connectivity index (χ1n) is 5.53. The van der Waals surface area contributed by atoms with Gasteiger partial charge in [-0.3, -0.25) is 4.79 Å². The number of carbonyl (C=O) groups is 1. The highest BCUT2D eigenvalue weighted by molar-refractivity contribution is 6.07. The molecule has 0 saturated carbocycles. The van der Waals surface area contributed by atoms with Crippen LogP contribution < -0.4 is 10.6 Å². The fourth-order valence-corrected chi connectivity index (χ4v) is 1.71. The van der Waals surface area contributed by atoms with E-state index in [2.05, 4.69) is 0 Å². The van der Waals surface area contributed by atoms with Crippen molar-refractivity contribution < 1.29 is 14.3 Å². The van der Waals surface area contributed by atoms with Crippen molar-refractivity contribution in [1.82, 2.24) is 0 Å². The fraction of sp³-hybridized carbons (Fsp3) is 0.154. The van der Waals surface area contributed by atoms with E-state index >= 15 is 0 Å². The number of carbonyl (C=O) groups excluding carboxylic acids is 1. The Balaban J connectivity index is 2.34. The van der Waals surface area contributed by atoms with E-state index in [4.69, 9.17) is 15.3 Å². The topological polar surface area (TPSA) is 79.7 Å². The number of amides is 1. The number of aliphatic hydroxyl groups is 1. The number of rotatable bonds is 4. The van der Waals surface area contributed by atoms with Crippen LogP contribution in [0.15, 0.2) is 47.3 Å². The molecule has 0 aliphatic heterocycles. The molecule has 0 bridgehead atoms. The molecule has 1 aromatic carbocycles. The van der Waals surface area contributed by atoms with Crippen molar-refractivity contribution >= 4 is 17.3 Å². The predicted octanol–water partition coefficient (Wildman–Crippen LogP) is 1.50. The van der Waals surface area contributed by atoms with Crippen molar-refractivity contribution in [2.24, 2.45) is 0 Å². The number of hydrogen-bond acceptors (Lipinski definition) is 4. The van der Waals surface area contributed by atoms with Gasteiger partial charge >= 0.3 is 0 Å². The number of furan rings is 1. The van der Waals surface area contributed by atoms with E-state index in [0.29, 0.717) is 16.9 Å². The number of nitrogens with two attached hydrogens (primary N) is 1. The maximum atomic E-state index is 12.2. The molecule has 2 aromatic rings. The summed E-state index contributed by atoms with van der Waals surface area (Å²) in [6.45, 7) is 0.0378. The summed E-state index contributed by atoms with van der Waals surface area (Å²) in [5.41, 5.74) is 7.34. The molecule has 0 aliphatic rings. The Morgan fingerprint density at radius 3 is 2.72 bits per heavy atom. The first-order chi connectivity index (χ1) is 8.74. The van der Waals surface area contributed by atoms with E-state index in [9.17, 15) is 4.79 Å². The number of aliphatic hydroxyl groups excluding tert-OH is 1. The van der Waals surface area contributed by atoms with Crippen molar-refractivity contribution in [3.8, 4) is 0 Å². The van der Waals surface area contributed by atoms with Gasteiger partial charge in [-0.2, -0.15) is 0 Å². The van der Waals surface area contributed by atoms with E-state index in [1.165, 1.54) is 17.4 Å². The van der Waals surface area contributed by atoms with Crippen LogP contribution in [-0.2, 0) is 0 Å².